The molecule has 1 fully saturated rings. The zero-order valence-corrected chi connectivity index (χ0v) is 14.1. The van der Waals surface area contributed by atoms with Crippen LogP contribution in [0.2, 0.25) is 0 Å². The lowest BCUT2D eigenvalue weighted by atomic mass is 9.98. The van der Waals surface area contributed by atoms with E-state index in [-0.39, 0.29) is 11.9 Å². The molecule has 0 heterocycles. The first-order valence-electron chi connectivity index (χ1n) is 7.87. The van der Waals surface area contributed by atoms with E-state index in [1.54, 1.807) is 6.08 Å². The molecule has 2 unspecified atom stereocenters. The van der Waals surface area contributed by atoms with Crippen LogP contribution in [0.3, 0.4) is 0 Å². The van der Waals surface area contributed by atoms with Crippen LogP contribution < -0.4 is 0 Å². The molecule has 2 heteroatoms. The first kappa shape index (κ1) is 17.0. The lowest BCUT2D eigenvalue weighted by Crippen LogP contribution is -2.38. The summed E-state index contributed by atoms with van der Waals surface area (Å²) in [5, 5.41) is 0. The first-order chi connectivity index (χ1) is 9.30. The fraction of sp³-hybridized carbons (Fsp3) is 0.722. The molecule has 0 N–H and O–H groups in total. The largest absolute Gasteiger partial charge is 0.336 e. The number of carbonyl (C=O) groups is 1. The molecule has 1 rings (SSSR count). The maximum Gasteiger partial charge on any atom is 0.246 e. The molecule has 0 aromatic heterocycles. The second-order valence-electron chi connectivity index (χ2n) is 6.96. The summed E-state index contributed by atoms with van der Waals surface area (Å²) in [4.78, 5) is 14.1. The third kappa shape index (κ3) is 4.81. The molecule has 2 atom stereocenters. The molecule has 20 heavy (non-hydrogen) atoms. The van der Waals surface area contributed by atoms with Crippen LogP contribution in [0.15, 0.2) is 23.8 Å². The summed E-state index contributed by atoms with van der Waals surface area (Å²) in [7, 11) is 0. The number of carbonyl (C=O) groups excluding carboxylic acids is 1. The zero-order valence-electron chi connectivity index (χ0n) is 14.1. The second kappa shape index (κ2) is 7.10. The SMILES string of the molecule is C/C=C/C(=O)N(CC1CC1(C)CCC=C(C)C)C(C)C. The fourth-order valence-corrected chi connectivity index (χ4v) is 2.82. The summed E-state index contributed by atoms with van der Waals surface area (Å²) < 4.78 is 0. The second-order valence-corrected chi connectivity index (χ2v) is 6.96. The molecule has 0 radical (unpaired) electrons. The highest BCUT2D eigenvalue weighted by atomic mass is 16.2. The van der Waals surface area contributed by atoms with Crippen molar-refractivity contribution in [1.82, 2.24) is 4.90 Å². The first-order valence-corrected chi connectivity index (χ1v) is 7.87. The number of nitrogens with zero attached hydrogens (tertiary/aromatic N) is 1. The summed E-state index contributed by atoms with van der Waals surface area (Å²) in [5.41, 5.74) is 1.84. The quantitative estimate of drug-likeness (QED) is 0.493. The Labute approximate surface area is 124 Å². The van der Waals surface area contributed by atoms with Gasteiger partial charge >= 0.3 is 0 Å². The van der Waals surface area contributed by atoms with Gasteiger partial charge in [0.25, 0.3) is 0 Å². The third-order valence-corrected chi connectivity index (χ3v) is 4.44. The lowest BCUT2D eigenvalue weighted by molar-refractivity contribution is -0.128. The van der Waals surface area contributed by atoms with Crippen molar-refractivity contribution in [3.63, 3.8) is 0 Å². The van der Waals surface area contributed by atoms with Crippen molar-refractivity contribution in [2.75, 3.05) is 6.54 Å². The van der Waals surface area contributed by atoms with Gasteiger partial charge in [0.05, 0.1) is 0 Å². The summed E-state index contributed by atoms with van der Waals surface area (Å²) in [6.07, 6.45) is 9.51. The maximum absolute atomic E-state index is 12.1. The van der Waals surface area contributed by atoms with Crippen LogP contribution >= 0.6 is 0 Å². The van der Waals surface area contributed by atoms with E-state index in [2.05, 4.69) is 40.7 Å². The fourth-order valence-electron chi connectivity index (χ4n) is 2.82. The van der Waals surface area contributed by atoms with Gasteiger partial charge in [-0.15, -0.1) is 0 Å². The van der Waals surface area contributed by atoms with Crippen LogP contribution in [0.1, 0.15) is 60.8 Å². The van der Waals surface area contributed by atoms with Crippen molar-refractivity contribution in [2.45, 2.75) is 66.8 Å². The average Bonchev–Trinajstić information content (AvgIpc) is 2.96. The topological polar surface area (TPSA) is 20.3 Å². The van der Waals surface area contributed by atoms with E-state index in [1.807, 2.05) is 17.9 Å². The van der Waals surface area contributed by atoms with Crippen molar-refractivity contribution < 1.29 is 4.79 Å². The van der Waals surface area contributed by atoms with Gasteiger partial charge in [-0.1, -0.05) is 24.6 Å². The Morgan fingerprint density at radius 1 is 1.40 bits per heavy atom. The van der Waals surface area contributed by atoms with Crippen molar-refractivity contribution in [3.05, 3.63) is 23.8 Å². The van der Waals surface area contributed by atoms with Gasteiger partial charge in [-0.2, -0.15) is 0 Å². The summed E-state index contributed by atoms with van der Waals surface area (Å²) in [6, 6.07) is 0.279. The molecule has 0 spiro atoms. The molecule has 1 aliphatic carbocycles. The lowest BCUT2D eigenvalue weighted by Gasteiger charge is -2.26. The zero-order chi connectivity index (χ0) is 15.3. The Bertz CT molecular complexity index is 390. The van der Waals surface area contributed by atoms with Gasteiger partial charge in [-0.25, -0.2) is 0 Å². The highest BCUT2D eigenvalue weighted by Crippen LogP contribution is 2.56. The van der Waals surface area contributed by atoms with E-state index in [9.17, 15) is 4.79 Å². The van der Waals surface area contributed by atoms with Crippen LogP contribution in [0, 0.1) is 11.3 Å². The highest BCUT2D eigenvalue weighted by Gasteiger charge is 2.49. The van der Waals surface area contributed by atoms with Crippen molar-refractivity contribution in [3.8, 4) is 0 Å². The van der Waals surface area contributed by atoms with Gasteiger partial charge < -0.3 is 4.90 Å². The van der Waals surface area contributed by atoms with Crippen LogP contribution in [-0.2, 0) is 4.79 Å². The predicted molar refractivity (Wildman–Crippen MR) is 86.5 cm³/mol. The maximum atomic E-state index is 12.1. The highest BCUT2D eigenvalue weighted by molar-refractivity contribution is 5.87. The molecule has 0 aromatic rings. The van der Waals surface area contributed by atoms with Gasteiger partial charge in [0.2, 0.25) is 5.91 Å². The van der Waals surface area contributed by atoms with E-state index in [0.717, 1.165) is 6.54 Å². The number of amides is 1. The van der Waals surface area contributed by atoms with Gasteiger partial charge in [0, 0.05) is 12.6 Å². The molecular weight excluding hydrogens is 246 g/mol. The predicted octanol–water partition coefficient (Wildman–Crippen LogP) is 4.57. The molecule has 114 valence electrons. The summed E-state index contributed by atoms with van der Waals surface area (Å²) in [5.74, 6) is 0.825. The van der Waals surface area contributed by atoms with E-state index in [0.29, 0.717) is 11.3 Å². The molecular formula is C18H31NO. The Morgan fingerprint density at radius 3 is 2.55 bits per heavy atom. The van der Waals surface area contributed by atoms with Gasteiger partial charge in [-0.3, -0.25) is 4.79 Å². The minimum absolute atomic E-state index is 0.154. The Morgan fingerprint density at radius 2 is 2.05 bits per heavy atom. The van der Waals surface area contributed by atoms with Crippen molar-refractivity contribution in [1.29, 1.82) is 0 Å². The Hall–Kier alpha value is -1.05. The standard InChI is InChI=1S/C18H31NO/c1-7-9-17(20)19(15(4)5)13-16-12-18(16,6)11-8-10-14(2)3/h7,9-10,15-16H,8,11-13H2,1-6H3/b9-7+. The summed E-state index contributed by atoms with van der Waals surface area (Å²) in [6.45, 7) is 13.7. The van der Waals surface area contributed by atoms with Crippen LogP contribution in [0.25, 0.3) is 0 Å². The molecule has 0 bridgehead atoms. The van der Waals surface area contributed by atoms with E-state index in [1.165, 1.54) is 24.8 Å². The van der Waals surface area contributed by atoms with Gasteiger partial charge in [0.15, 0.2) is 0 Å². The van der Waals surface area contributed by atoms with Crippen LogP contribution in [-0.4, -0.2) is 23.4 Å². The number of allylic oxidation sites excluding steroid dienone is 3. The molecule has 0 saturated heterocycles. The summed E-state index contributed by atoms with van der Waals surface area (Å²) >= 11 is 0. The third-order valence-electron chi connectivity index (χ3n) is 4.44. The molecule has 0 aliphatic heterocycles. The minimum Gasteiger partial charge on any atom is -0.336 e. The van der Waals surface area contributed by atoms with Crippen LogP contribution in [0.5, 0.6) is 0 Å². The Balaban J connectivity index is 2.52. The molecule has 2 nitrogen and oxygen atoms in total. The van der Waals surface area contributed by atoms with Crippen LogP contribution in [0.4, 0.5) is 0 Å². The van der Waals surface area contributed by atoms with E-state index < -0.39 is 0 Å². The smallest absolute Gasteiger partial charge is 0.246 e. The van der Waals surface area contributed by atoms with Crippen molar-refractivity contribution >= 4 is 5.91 Å². The van der Waals surface area contributed by atoms with Gasteiger partial charge in [0.1, 0.15) is 0 Å². The Kier molecular flexibility index (Phi) is 6.04. The molecule has 0 aromatic carbocycles. The number of hydrogen-bond donors (Lipinski definition) is 0. The normalized spacial score (nSPS) is 25.1. The van der Waals surface area contributed by atoms with E-state index >= 15 is 0 Å². The molecule has 1 amide bonds. The molecule has 1 saturated carbocycles. The average molecular weight is 277 g/mol. The number of rotatable bonds is 7. The van der Waals surface area contributed by atoms with Gasteiger partial charge in [-0.05, 0) is 71.3 Å². The molecule has 1 aliphatic rings. The monoisotopic (exact) mass is 277 g/mol. The minimum atomic E-state index is 0.154. The number of hydrogen-bond acceptors (Lipinski definition) is 1. The van der Waals surface area contributed by atoms with Crippen molar-refractivity contribution in [2.24, 2.45) is 11.3 Å². The van der Waals surface area contributed by atoms with E-state index in [4.69, 9.17) is 0 Å².